The van der Waals surface area contributed by atoms with Crippen LogP contribution in [-0.4, -0.2) is 68.1 Å². The predicted molar refractivity (Wildman–Crippen MR) is 109 cm³/mol. The van der Waals surface area contributed by atoms with Gasteiger partial charge in [0.1, 0.15) is 6.04 Å². The van der Waals surface area contributed by atoms with Gasteiger partial charge < -0.3 is 15.4 Å². The minimum Gasteiger partial charge on any atom is -0.465 e. The van der Waals surface area contributed by atoms with Crippen LogP contribution in [0, 0.1) is 5.41 Å². The van der Waals surface area contributed by atoms with Crippen molar-refractivity contribution in [2.75, 3.05) is 19.8 Å². The molecule has 0 aromatic heterocycles. The molecule has 31 heavy (non-hydrogen) atoms. The number of fused-ring (bicyclic) bond motifs is 2. The van der Waals surface area contributed by atoms with Crippen molar-refractivity contribution < 1.29 is 36.0 Å². The lowest BCUT2D eigenvalue weighted by Gasteiger charge is -2.27. The first kappa shape index (κ1) is 25.3. The predicted octanol–water partition coefficient (Wildman–Crippen LogP) is 1.47. The van der Waals surface area contributed by atoms with Crippen LogP contribution in [0.4, 0.5) is 4.79 Å². The second-order valence-corrected chi connectivity index (χ2v) is 9.79. The summed E-state index contributed by atoms with van der Waals surface area (Å²) in [5.41, 5.74) is 4.07. The molecule has 2 rings (SSSR count). The second-order valence-electron chi connectivity index (χ2n) is 8.59. The van der Waals surface area contributed by atoms with Gasteiger partial charge in [-0.05, 0) is 33.1 Å². The summed E-state index contributed by atoms with van der Waals surface area (Å²) in [5, 5.41) is 0.694. The monoisotopic (exact) mass is 463 g/mol. The number of carbonyl (C=O) groups excluding carboxylic acids is 3. The maximum absolute atomic E-state index is 12.4. The molecule has 0 aromatic rings. The van der Waals surface area contributed by atoms with Crippen LogP contribution in [0.1, 0.15) is 65.7 Å². The molecule has 0 aromatic carbocycles. The maximum atomic E-state index is 12.4. The molecule has 2 fully saturated rings. The third kappa shape index (κ3) is 6.78. The molecule has 2 aliphatic heterocycles. The zero-order valence-electron chi connectivity index (χ0n) is 18.4. The quantitative estimate of drug-likeness (QED) is 0.319. The number of unbranched alkanes of at least 4 members (excludes halogenated alkanes) is 4. The van der Waals surface area contributed by atoms with Crippen LogP contribution in [0.15, 0.2) is 0 Å². The maximum Gasteiger partial charge on any atom is 0.421 e. The van der Waals surface area contributed by atoms with Crippen molar-refractivity contribution >= 4 is 28.3 Å². The van der Waals surface area contributed by atoms with Gasteiger partial charge in [-0.15, -0.1) is 4.28 Å². The van der Waals surface area contributed by atoms with Crippen LogP contribution in [0.3, 0.4) is 0 Å². The lowest BCUT2D eigenvalue weighted by molar-refractivity contribution is -0.156. The molecule has 0 radical (unpaired) electrons. The highest BCUT2D eigenvalue weighted by Crippen LogP contribution is 2.31. The summed E-state index contributed by atoms with van der Waals surface area (Å²) in [6, 6.07) is -2.09. The number of nitrogens with zero attached hydrogens (tertiary/aromatic N) is 2. The van der Waals surface area contributed by atoms with Gasteiger partial charge in [0.2, 0.25) is 5.91 Å². The third-order valence-corrected chi connectivity index (χ3v) is 6.17. The van der Waals surface area contributed by atoms with E-state index in [1.165, 1.54) is 18.7 Å². The van der Waals surface area contributed by atoms with Crippen LogP contribution in [0.25, 0.3) is 0 Å². The number of primary amides is 1. The normalized spacial score (nSPS) is 21.5. The SMILES string of the molecule is CCCCCCCOC(=O)C(C)(C)COS(=O)(=O)ON1C(=O)N2C[C@H]1CC[C@H]2C(N)=O. The van der Waals surface area contributed by atoms with Gasteiger partial charge in [0.05, 0.1) is 24.7 Å². The highest BCUT2D eigenvalue weighted by Gasteiger charge is 2.49. The van der Waals surface area contributed by atoms with Crippen molar-refractivity contribution in [3.63, 3.8) is 0 Å². The van der Waals surface area contributed by atoms with Gasteiger partial charge in [-0.3, -0.25) is 9.59 Å². The van der Waals surface area contributed by atoms with Gasteiger partial charge in [-0.1, -0.05) is 32.6 Å². The van der Waals surface area contributed by atoms with Gasteiger partial charge in [0.15, 0.2) is 0 Å². The molecule has 2 bridgehead atoms. The molecule has 11 nitrogen and oxygen atoms in total. The lowest BCUT2D eigenvalue weighted by atomic mass is 9.95. The Morgan fingerprint density at radius 1 is 1.16 bits per heavy atom. The Morgan fingerprint density at radius 3 is 2.48 bits per heavy atom. The summed E-state index contributed by atoms with van der Waals surface area (Å²) < 4.78 is 39.5. The molecule has 2 aliphatic rings. The first-order valence-electron chi connectivity index (χ1n) is 10.6. The van der Waals surface area contributed by atoms with Crippen molar-refractivity contribution in [1.29, 1.82) is 0 Å². The topological polar surface area (TPSA) is 146 Å². The fraction of sp³-hybridized carbons (Fsp3) is 0.842. The van der Waals surface area contributed by atoms with E-state index in [9.17, 15) is 22.8 Å². The first-order valence-corrected chi connectivity index (χ1v) is 12.0. The molecule has 0 spiro atoms. The number of amides is 3. The molecule has 0 aliphatic carbocycles. The highest BCUT2D eigenvalue weighted by molar-refractivity contribution is 7.81. The molecule has 12 heteroatoms. The van der Waals surface area contributed by atoms with Crippen LogP contribution in [0.2, 0.25) is 0 Å². The Morgan fingerprint density at radius 2 is 1.84 bits per heavy atom. The molecular formula is C19H33N3O8S. The standard InChI is InChI=1S/C19H33N3O8S/c1-4-5-6-7-8-11-28-17(24)19(2,3)13-29-31(26,27)30-22-14-9-10-15(16(20)23)21(12-14)18(22)25/h14-15H,4-13H2,1-3H3,(H2,20,23)/t14-,15+/m1/s1. The highest BCUT2D eigenvalue weighted by atomic mass is 32.3. The largest absolute Gasteiger partial charge is 0.465 e. The smallest absolute Gasteiger partial charge is 0.421 e. The van der Waals surface area contributed by atoms with Crippen molar-refractivity contribution in [2.45, 2.75) is 77.8 Å². The minimum absolute atomic E-state index is 0.137. The van der Waals surface area contributed by atoms with Crippen LogP contribution in [-0.2, 0) is 33.2 Å². The van der Waals surface area contributed by atoms with Crippen molar-refractivity contribution in [1.82, 2.24) is 9.96 Å². The van der Waals surface area contributed by atoms with E-state index < -0.39 is 52.4 Å². The molecule has 0 saturated carbocycles. The van der Waals surface area contributed by atoms with E-state index in [4.69, 9.17) is 18.9 Å². The number of nitrogens with two attached hydrogens (primary N) is 1. The van der Waals surface area contributed by atoms with Gasteiger partial charge in [0.25, 0.3) is 0 Å². The first-order chi connectivity index (χ1) is 14.5. The summed E-state index contributed by atoms with van der Waals surface area (Å²) in [4.78, 5) is 37.4. The van der Waals surface area contributed by atoms with Crippen LogP contribution < -0.4 is 5.73 Å². The molecule has 0 unspecified atom stereocenters. The molecular weight excluding hydrogens is 430 g/mol. The van der Waals surface area contributed by atoms with E-state index in [0.717, 1.165) is 32.1 Å². The molecule has 2 heterocycles. The Bertz CT molecular complexity index is 770. The van der Waals surface area contributed by atoms with Crippen molar-refractivity contribution in [3.8, 4) is 0 Å². The fourth-order valence-corrected chi connectivity index (χ4v) is 4.35. The number of urea groups is 1. The van der Waals surface area contributed by atoms with Crippen LogP contribution in [0.5, 0.6) is 0 Å². The van der Waals surface area contributed by atoms with E-state index >= 15 is 0 Å². The van der Waals surface area contributed by atoms with E-state index in [-0.39, 0.29) is 13.2 Å². The number of rotatable bonds is 13. The van der Waals surface area contributed by atoms with E-state index in [2.05, 4.69) is 6.92 Å². The van der Waals surface area contributed by atoms with E-state index in [0.29, 0.717) is 17.9 Å². The molecule has 2 saturated heterocycles. The summed E-state index contributed by atoms with van der Waals surface area (Å²) in [5.74, 6) is -1.24. The number of ether oxygens (including phenoxy) is 1. The molecule has 2 N–H and O–H groups in total. The van der Waals surface area contributed by atoms with Crippen LogP contribution >= 0.6 is 0 Å². The lowest BCUT2D eigenvalue weighted by Crippen LogP contribution is -2.47. The zero-order chi connectivity index (χ0) is 23.2. The van der Waals surface area contributed by atoms with E-state index in [1.807, 2.05) is 0 Å². The summed E-state index contributed by atoms with van der Waals surface area (Å²) in [7, 11) is -4.62. The summed E-state index contributed by atoms with van der Waals surface area (Å²) in [6.07, 6.45) is 5.71. The average molecular weight is 464 g/mol. The number of carbonyl (C=O) groups is 3. The molecule has 2 atom stereocenters. The number of esters is 1. The number of piperidine rings is 1. The third-order valence-electron chi connectivity index (χ3n) is 5.42. The Balaban J connectivity index is 1.83. The number of hydrogen-bond acceptors (Lipinski definition) is 8. The average Bonchev–Trinajstić information content (AvgIpc) is 2.93. The van der Waals surface area contributed by atoms with Gasteiger partial charge in [0, 0.05) is 6.54 Å². The second kappa shape index (κ2) is 10.6. The number of hydrogen-bond donors (Lipinski definition) is 1. The number of hydroxylamine groups is 2. The van der Waals surface area contributed by atoms with E-state index in [1.54, 1.807) is 0 Å². The minimum atomic E-state index is -4.62. The van der Waals surface area contributed by atoms with Crippen molar-refractivity contribution in [3.05, 3.63) is 0 Å². The fourth-order valence-electron chi connectivity index (χ4n) is 3.49. The Kier molecular flexibility index (Phi) is 8.66. The molecule has 3 amide bonds. The summed E-state index contributed by atoms with van der Waals surface area (Å²) >= 11 is 0. The van der Waals surface area contributed by atoms with Crippen molar-refractivity contribution in [2.24, 2.45) is 11.1 Å². The molecule has 178 valence electrons. The summed E-state index contributed by atoms with van der Waals surface area (Å²) in [6.45, 7) is 5.00. The Hall–Kier alpha value is -1.92. The zero-order valence-corrected chi connectivity index (χ0v) is 19.2. The Labute approximate surface area is 183 Å². The van der Waals surface area contributed by atoms with Gasteiger partial charge in [-0.25, -0.2) is 8.98 Å². The van der Waals surface area contributed by atoms with Gasteiger partial charge in [-0.2, -0.15) is 13.5 Å². The van der Waals surface area contributed by atoms with Gasteiger partial charge >= 0.3 is 22.4 Å².